The Morgan fingerprint density at radius 2 is 1.44 bits per heavy atom. The van der Waals surface area contributed by atoms with Gasteiger partial charge in [0.05, 0.1) is 29.6 Å². The molecule has 2 aromatic carbocycles. The molecule has 2 saturated carbocycles. The van der Waals surface area contributed by atoms with Gasteiger partial charge in [-0.3, -0.25) is 14.5 Å². The largest absolute Gasteiger partial charge is 0.478 e. The second kappa shape index (κ2) is 15.0. The van der Waals surface area contributed by atoms with Crippen LogP contribution in [0.3, 0.4) is 0 Å². The van der Waals surface area contributed by atoms with Crippen molar-refractivity contribution >= 4 is 59.2 Å². The number of aliphatic carboxylic acids is 2. The first kappa shape index (κ1) is 35.9. The van der Waals surface area contributed by atoms with Crippen molar-refractivity contribution in [1.82, 2.24) is 15.1 Å². The summed E-state index contributed by atoms with van der Waals surface area (Å²) in [5.74, 6) is -5.58. The van der Waals surface area contributed by atoms with Gasteiger partial charge in [-0.1, -0.05) is 59.6 Å². The number of aliphatic hydroxyl groups is 1. The highest BCUT2D eigenvalue weighted by molar-refractivity contribution is 6.36. The highest BCUT2D eigenvalue weighted by Gasteiger charge is 2.46. The number of aliphatic hydroxyl groups excluding tert-OH is 1. The maximum Gasteiger partial charge on any atom is 0.334 e. The van der Waals surface area contributed by atoms with E-state index < -0.39 is 35.1 Å². The van der Waals surface area contributed by atoms with Crippen LogP contribution in [0.15, 0.2) is 71.6 Å². The van der Waals surface area contributed by atoms with E-state index in [2.05, 4.69) is 10.2 Å². The Balaban J connectivity index is 0.00000451. The molecule has 0 spiro atoms. The quantitative estimate of drug-likeness (QED) is 0.263. The maximum absolute atomic E-state index is 14.2. The Kier molecular flexibility index (Phi) is 11.2. The summed E-state index contributed by atoms with van der Waals surface area (Å²) in [6.07, 6.45) is 4.51. The maximum atomic E-state index is 14.2. The summed E-state index contributed by atoms with van der Waals surface area (Å²) in [7, 11) is 0. The SMILES string of the molecule is Cl.O=C(O)C1=CNC(CC(=O)N2CCN(C3CC4CC(O)CC4C3)CC2)=C(C(=O)O)C1C(C(=O)c1ccccc1)c1c(Cl)cccc1Cl. The number of rotatable bonds is 9. The highest BCUT2D eigenvalue weighted by atomic mass is 35.5. The molecular formula is C35H38Cl3N3O7. The van der Waals surface area contributed by atoms with Crippen molar-refractivity contribution in [2.75, 3.05) is 26.2 Å². The number of fused-ring (bicyclic) bond motifs is 1. The van der Waals surface area contributed by atoms with E-state index in [1.807, 2.05) is 0 Å². The molecule has 2 aliphatic heterocycles. The number of Topliss-reactive ketones (excluding diaryl/α,β-unsaturated/α-hetero) is 1. The van der Waals surface area contributed by atoms with Crippen molar-refractivity contribution in [2.24, 2.45) is 17.8 Å². The molecule has 256 valence electrons. The predicted molar refractivity (Wildman–Crippen MR) is 182 cm³/mol. The number of carbonyl (C=O) groups is 4. The topological polar surface area (TPSA) is 147 Å². The lowest BCUT2D eigenvalue weighted by Gasteiger charge is -2.39. The molecule has 0 radical (unpaired) electrons. The summed E-state index contributed by atoms with van der Waals surface area (Å²) in [5, 5.41) is 33.8. The lowest BCUT2D eigenvalue weighted by atomic mass is 9.71. The first-order valence-corrected chi connectivity index (χ1v) is 16.7. The van der Waals surface area contributed by atoms with Crippen molar-refractivity contribution in [3.63, 3.8) is 0 Å². The molecule has 0 aromatic heterocycles. The zero-order valence-corrected chi connectivity index (χ0v) is 28.4. The van der Waals surface area contributed by atoms with Gasteiger partial charge in [-0.25, -0.2) is 9.59 Å². The second-order valence-electron chi connectivity index (χ2n) is 12.9. The normalized spacial score (nSPS) is 26.2. The van der Waals surface area contributed by atoms with Crippen LogP contribution in [0.5, 0.6) is 0 Å². The number of carbonyl (C=O) groups excluding carboxylic acids is 2. The molecule has 2 heterocycles. The van der Waals surface area contributed by atoms with Gasteiger partial charge in [-0.15, -0.1) is 12.4 Å². The standard InChI is InChI=1S/C35H37Cl2N3O7.ClH/c36-25-7-4-8-26(37)30(25)32(33(43)19-5-2-1-3-6-19)29-24(34(44)45)18-38-27(31(29)35(46)47)17-28(42)40-11-9-39(10-12-40)22-13-20-15-23(41)16-21(20)14-22;/h1-8,18,20-23,29,32,38,41H,9-17H2,(H,44,45)(H,46,47);1H. The van der Waals surface area contributed by atoms with Gasteiger partial charge in [0.15, 0.2) is 5.78 Å². The van der Waals surface area contributed by atoms with Gasteiger partial charge in [-0.05, 0) is 49.7 Å². The number of benzene rings is 2. The number of dihydropyridines is 1. The van der Waals surface area contributed by atoms with E-state index in [1.54, 1.807) is 41.3 Å². The number of amides is 1. The lowest BCUT2D eigenvalue weighted by molar-refractivity contribution is -0.134. The summed E-state index contributed by atoms with van der Waals surface area (Å²) in [6, 6.07) is 13.2. The van der Waals surface area contributed by atoms with Gasteiger partial charge in [0.2, 0.25) is 5.91 Å². The molecule has 4 unspecified atom stereocenters. The average molecular weight is 719 g/mol. The van der Waals surface area contributed by atoms with Crippen LogP contribution in [0, 0.1) is 17.8 Å². The Morgan fingerprint density at radius 1 is 0.833 bits per heavy atom. The third-order valence-electron chi connectivity index (χ3n) is 10.3. The van der Waals surface area contributed by atoms with E-state index in [9.17, 15) is 34.5 Å². The monoisotopic (exact) mass is 717 g/mol. The van der Waals surface area contributed by atoms with E-state index in [4.69, 9.17) is 23.2 Å². The van der Waals surface area contributed by atoms with Crippen molar-refractivity contribution < 1.29 is 34.5 Å². The highest BCUT2D eigenvalue weighted by Crippen LogP contribution is 2.47. The smallest absolute Gasteiger partial charge is 0.334 e. The third-order valence-corrected chi connectivity index (χ3v) is 11.0. The van der Waals surface area contributed by atoms with Crippen LogP contribution in [0.1, 0.15) is 53.9 Å². The minimum Gasteiger partial charge on any atom is -0.478 e. The molecule has 1 amide bonds. The summed E-state index contributed by atoms with van der Waals surface area (Å²) >= 11 is 13.2. The van der Waals surface area contributed by atoms with E-state index in [0.29, 0.717) is 44.1 Å². The van der Waals surface area contributed by atoms with Crippen molar-refractivity contribution in [2.45, 2.75) is 50.2 Å². The zero-order chi connectivity index (χ0) is 33.4. The van der Waals surface area contributed by atoms with E-state index in [-0.39, 0.29) is 63.3 Å². The second-order valence-corrected chi connectivity index (χ2v) is 13.7. The number of ketones is 1. The van der Waals surface area contributed by atoms with Crippen LogP contribution in [-0.2, 0) is 14.4 Å². The molecule has 48 heavy (non-hydrogen) atoms. The molecule has 4 aliphatic rings. The number of hydrogen-bond donors (Lipinski definition) is 4. The van der Waals surface area contributed by atoms with Gasteiger partial charge >= 0.3 is 11.9 Å². The summed E-state index contributed by atoms with van der Waals surface area (Å²) in [6.45, 7) is 2.35. The Morgan fingerprint density at radius 3 is 2.00 bits per heavy atom. The van der Waals surface area contributed by atoms with Crippen LogP contribution in [0.4, 0.5) is 0 Å². The molecule has 4 atom stereocenters. The third kappa shape index (κ3) is 7.14. The van der Waals surface area contributed by atoms with Gasteiger partial charge in [0.25, 0.3) is 0 Å². The van der Waals surface area contributed by atoms with E-state index in [1.165, 1.54) is 12.1 Å². The molecule has 6 rings (SSSR count). The summed E-state index contributed by atoms with van der Waals surface area (Å²) < 4.78 is 0. The van der Waals surface area contributed by atoms with Gasteiger partial charge in [0.1, 0.15) is 0 Å². The van der Waals surface area contributed by atoms with Crippen molar-refractivity contribution in [1.29, 1.82) is 0 Å². The lowest BCUT2D eigenvalue weighted by Crippen LogP contribution is -2.52. The Bertz CT molecular complexity index is 1610. The van der Waals surface area contributed by atoms with Crippen LogP contribution in [-0.4, -0.2) is 87.1 Å². The molecular weight excluding hydrogens is 681 g/mol. The Hall–Kier alpha value is -3.41. The minimum absolute atomic E-state index is 0. The fourth-order valence-corrected chi connectivity index (χ4v) is 8.75. The van der Waals surface area contributed by atoms with Gasteiger partial charge < -0.3 is 25.5 Å². The molecule has 0 bridgehead atoms. The molecule has 4 N–H and O–H groups in total. The molecule has 13 heteroatoms. The first-order valence-electron chi connectivity index (χ1n) is 15.9. The van der Waals surface area contributed by atoms with Gasteiger partial charge in [-0.2, -0.15) is 0 Å². The molecule has 1 saturated heterocycles. The van der Waals surface area contributed by atoms with E-state index in [0.717, 1.165) is 31.9 Å². The fraction of sp³-hybridized carbons (Fsp3) is 0.429. The fourth-order valence-electron chi connectivity index (χ4n) is 8.11. The number of hydrogen-bond acceptors (Lipinski definition) is 7. The van der Waals surface area contributed by atoms with Crippen LogP contribution < -0.4 is 5.32 Å². The number of carboxylic acids is 2. The van der Waals surface area contributed by atoms with Crippen LogP contribution in [0.2, 0.25) is 10.0 Å². The number of carboxylic acid groups (broad SMARTS) is 2. The van der Waals surface area contributed by atoms with Crippen molar-refractivity contribution in [3.8, 4) is 0 Å². The molecule has 10 nitrogen and oxygen atoms in total. The van der Waals surface area contributed by atoms with Crippen LogP contribution >= 0.6 is 35.6 Å². The number of piperazine rings is 1. The van der Waals surface area contributed by atoms with Crippen LogP contribution in [0.25, 0.3) is 0 Å². The predicted octanol–water partition coefficient (Wildman–Crippen LogP) is 4.99. The summed E-state index contributed by atoms with van der Waals surface area (Å²) in [4.78, 5) is 57.6. The average Bonchev–Trinajstić information content (AvgIpc) is 3.60. The summed E-state index contributed by atoms with van der Waals surface area (Å²) in [5.41, 5.74) is -0.432. The molecule has 3 fully saturated rings. The Labute approximate surface area is 294 Å². The molecule has 2 aromatic rings. The minimum atomic E-state index is -1.52. The first-order chi connectivity index (χ1) is 22.5. The molecule has 2 aliphatic carbocycles. The van der Waals surface area contributed by atoms with Crippen molar-refractivity contribution in [3.05, 3.63) is 92.7 Å². The number of nitrogens with zero attached hydrogens (tertiary/aromatic N) is 2. The zero-order valence-electron chi connectivity index (χ0n) is 26.1. The van der Waals surface area contributed by atoms with Gasteiger partial charge in [0, 0.05) is 71.2 Å². The number of nitrogens with one attached hydrogen (secondary N) is 1. The number of halogens is 3. The van der Waals surface area contributed by atoms with E-state index >= 15 is 0 Å².